The summed E-state index contributed by atoms with van der Waals surface area (Å²) in [7, 11) is 0. The summed E-state index contributed by atoms with van der Waals surface area (Å²) in [6, 6.07) is 11.4. The molecule has 1 saturated heterocycles. The molecular formula is C18H20F2N2O. The van der Waals surface area contributed by atoms with E-state index in [4.69, 9.17) is 4.74 Å². The van der Waals surface area contributed by atoms with E-state index in [-0.39, 0.29) is 11.7 Å². The molecule has 0 radical (unpaired) electrons. The van der Waals surface area contributed by atoms with Gasteiger partial charge in [-0.3, -0.25) is 4.98 Å². The first-order valence-electron chi connectivity index (χ1n) is 7.81. The Morgan fingerprint density at radius 1 is 1.17 bits per heavy atom. The zero-order valence-electron chi connectivity index (χ0n) is 13.0. The molecule has 0 bridgehead atoms. The third-order valence-electron chi connectivity index (χ3n) is 4.23. The first-order chi connectivity index (χ1) is 11.1. The van der Waals surface area contributed by atoms with Crippen LogP contribution in [-0.2, 0) is 4.74 Å². The summed E-state index contributed by atoms with van der Waals surface area (Å²) in [5, 5.41) is 3.37. The first kappa shape index (κ1) is 15.9. The van der Waals surface area contributed by atoms with Crippen molar-refractivity contribution in [2.45, 2.75) is 31.7 Å². The summed E-state index contributed by atoms with van der Waals surface area (Å²) in [4.78, 5) is 3.80. The van der Waals surface area contributed by atoms with Crippen LogP contribution in [0.25, 0.3) is 0 Å². The Morgan fingerprint density at radius 3 is 2.52 bits per heavy atom. The Morgan fingerprint density at radius 2 is 1.96 bits per heavy atom. The number of hydrogen-bond acceptors (Lipinski definition) is 3. The number of hydrogen-bond donors (Lipinski definition) is 1. The molecule has 1 aromatic heterocycles. The number of rotatable bonds is 5. The molecule has 122 valence electrons. The van der Waals surface area contributed by atoms with Crippen LogP contribution in [0.15, 0.2) is 42.6 Å². The number of benzene rings is 1. The van der Waals surface area contributed by atoms with Gasteiger partial charge in [0, 0.05) is 24.4 Å². The summed E-state index contributed by atoms with van der Waals surface area (Å²) in [5.74, 6) is 0.493. The van der Waals surface area contributed by atoms with Crippen molar-refractivity contribution in [3.8, 4) is 0 Å². The van der Waals surface area contributed by atoms with Gasteiger partial charge in [-0.05, 0) is 42.7 Å². The number of nitrogens with zero attached hydrogens (tertiary/aromatic N) is 1. The Hall–Kier alpha value is -2.01. The molecule has 0 aliphatic carbocycles. The Balaban J connectivity index is 1.63. The standard InChI is InChI=1S/C18H20F2N2O/c1-12(14-4-7-17(18(19)20)21-10-14)22-16-5-2-13(3-6-16)15-8-9-23-11-15/h2-7,10,12,15,18,22H,8-9,11H2,1H3. The molecule has 2 heterocycles. The van der Waals surface area contributed by atoms with Crippen LogP contribution in [0.5, 0.6) is 0 Å². The van der Waals surface area contributed by atoms with Crippen molar-refractivity contribution in [3.63, 3.8) is 0 Å². The van der Waals surface area contributed by atoms with Gasteiger partial charge >= 0.3 is 0 Å². The summed E-state index contributed by atoms with van der Waals surface area (Å²) >= 11 is 0. The molecule has 5 heteroatoms. The third-order valence-corrected chi connectivity index (χ3v) is 4.23. The summed E-state index contributed by atoms with van der Waals surface area (Å²) < 4.78 is 30.5. The molecule has 2 atom stereocenters. The molecule has 1 aliphatic rings. The van der Waals surface area contributed by atoms with Crippen LogP contribution in [0.2, 0.25) is 0 Å². The normalized spacial score (nSPS) is 19.0. The van der Waals surface area contributed by atoms with Crippen LogP contribution >= 0.6 is 0 Å². The molecule has 1 aliphatic heterocycles. The van der Waals surface area contributed by atoms with Crippen LogP contribution in [0.3, 0.4) is 0 Å². The largest absolute Gasteiger partial charge is 0.381 e. The molecule has 0 saturated carbocycles. The van der Waals surface area contributed by atoms with E-state index in [2.05, 4.69) is 22.4 Å². The molecular weight excluding hydrogens is 298 g/mol. The molecule has 1 N–H and O–H groups in total. The van der Waals surface area contributed by atoms with E-state index >= 15 is 0 Å². The third kappa shape index (κ3) is 3.85. The van der Waals surface area contributed by atoms with Gasteiger partial charge in [-0.25, -0.2) is 8.78 Å². The fraction of sp³-hybridized carbons (Fsp3) is 0.389. The quantitative estimate of drug-likeness (QED) is 0.868. The van der Waals surface area contributed by atoms with E-state index in [0.29, 0.717) is 5.92 Å². The number of aromatic nitrogens is 1. The van der Waals surface area contributed by atoms with Crippen LogP contribution in [0.4, 0.5) is 14.5 Å². The number of anilines is 1. The lowest BCUT2D eigenvalue weighted by atomic mass is 9.98. The number of ether oxygens (including phenoxy) is 1. The smallest absolute Gasteiger partial charge is 0.280 e. The van der Waals surface area contributed by atoms with Crippen molar-refractivity contribution in [2.24, 2.45) is 0 Å². The second kappa shape index (κ2) is 7.04. The average molecular weight is 318 g/mol. The molecule has 3 nitrogen and oxygen atoms in total. The predicted molar refractivity (Wildman–Crippen MR) is 85.9 cm³/mol. The van der Waals surface area contributed by atoms with Gasteiger partial charge in [-0.2, -0.15) is 0 Å². The zero-order chi connectivity index (χ0) is 16.2. The van der Waals surface area contributed by atoms with Crippen molar-refractivity contribution in [1.29, 1.82) is 0 Å². The Labute approximate surface area is 134 Å². The summed E-state index contributed by atoms with van der Waals surface area (Å²) in [6.07, 6.45) is 0.0498. The van der Waals surface area contributed by atoms with Crippen molar-refractivity contribution in [1.82, 2.24) is 4.98 Å². The fourth-order valence-corrected chi connectivity index (χ4v) is 2.78. The maximum absolute atomic E-state index is 12.5. The minimum absolute atomic E-state index is 0.00473. The van der Waals surface area contributed by atoms with Gasteiger partial charge in [-0.1, -0.05) is 18.2 Å². The topological polar surface area (TPSA) is 34.1 Å². The van der Waals surface area contributed by atoms with Gasteiger partial charge in [0.2, 0.25) is 0 Å². The van der Waals surface area contributed by atoms with Crippen LogP contribution in [0, 0.1) is 0 Å². The average Bonchev–Trinajstić information content (AvgIpc) is 3.10. The molecule has 2 unspecified atom stereocenters. The predicted octanol–water partition coefficient (Wildman–Crippen LogP) is 4.70. The second-order valence-corrected chi connectivity index (χ2v) is 5.87. The van der Waals surface area contributed by atoms with Crippen LogP contribution in [0.1, 0.15) is 48.6 Å². The minimum Gasteiger partial charge on any atom is -0.381 e. The highest BCUT2D eigenvalue weighted by Crippen LogP contribution is 2.27. The maximum Gasteiger partial charge on any atom is 0.280 e. The molecule has 23 heavy (non-hydrogen) atoms. The SMILES string of the molecule is CC(Nc1ccc(C2CCOC2)cc1)c1ccc(C(F)F)nc1. The van der Waals surface area contributed by atoms with E-state index in [1.54, 1.807) is 6.07 Å². The molecule has 0 spiro atoms. The monoisotopic (exact) mass is 318 g/mol. The lowest BCUT2D eigenvalue weighted by molar-refractivity contribution is 0.146. The van der Waals surface area contributed by atoms with Crippen molar-refractivity contribution < 1.29 is 13.5 Å². The molecule has 0 amide bonds. The number of nitrogens with one attached hydrogen (secondary N) is 1. The van der Waals surface area contributed by atoms with Gasteiger partial charge < -0.3 is 10.1 Å². The number of halogens is 2. The Kier molecular flexibility index (Phi) is 4.86. The van der Waals surface area contributed by atoms with E-state index in [1.807, 2.05) is 19.1 Å². The molecule has 1 fully saturated rings. The lowest BCUT2D eigenvalue weighted by Gasteiger charge is -2.17. The molecule has 3 rings (SSSR count). The van der Waals surface area contributed by atoms with Crippen LogP contribution < -0.4 is 5.32 Å². The van der Waals surface area contributed by atoms with Crippen LogP contribution in [-0.4, -0.2) is 18.2 Å². The highest BCUT2D eigenvalue weighted by atomic mass is 19.3. The highest BCUT2D eigenvalue weighted by molar-refractivity contribution is 5.47. The highest BCUT2D eigenvalue weighted by Gasteiger charge is 2.17. The zero-order valence-corrected chi connectivity index (χ0v) is 13.0. The van der Waals surface area contributed by atoms with Gasteiger partial charge in [-0.15, -0.1) is 0 Å². The Bertz CT molecular complexity index is 622. The second-order valence-electron chi connectivity index (χ2n) is 5.87. The molecule has 2 aromatic rings. The van der Waals surface area contributed by atoms with E-state index in [9.17, 15) is 8.78 Å². The maximum atomic E-state index is 12.5. The van der Waals surface area contributed by atoms with Gasteiger partial charge in [0.25, 0.3) is 6.43 Å². The van der Waals surface area contributed by atoms with Gasteiger partial charge in [0.05, 0.1) is 12.6 Å². The van der Waals surface area contributed by atoms with E-state index < -0.39 is 6.43 Å². The van der Waals surface area contributed by atoms with E-state index in [1.165, 1.54) is 17.8 Å². The van der Waals surface area contributed by atoms with Crippen molar-refractivity contribution in [2.75, 3.05) is 18.5 Å². The van der Waals surface area contributed by atoms with Crippen molar-refractivity contribution >= 4 is 5.69 Å². The number of alkyl halides is 2. The van der Waals surface area contributed by atoms with E-state index in [0.717, 1.165) is 30.9 Å². The van der Waals surface area contributed by atoms with Gasteiger partial charge in [0.15, 0.2) is 0 Å². The summed E-state index contributed by atoms with van der Waals surface area (Å²) in [5.41, 5.74) is 2.98. The van der Waals surface area contributed by atoms with Crippen molar-refractivity contribution in [3.05, 3.63) is 59.4 Å². The first-order valence-corrected chi connectivity index (χ1v) is 7.81. The number of pyridine rings is 1. The fourth-order valence-electron chi connectivity index (χ4n) is 2.78. The van der Waals surface area contributed by atoms with Gasteiger partial charge in [0.1, 0.15) is 5.69 Å². The lowest BCUT2D eigenvalue weighted by Crippen LogP contribution is -2.07. The minimum atomic E-state index is -2.53. The molecule has 1 aromatic carbocycles. The summed E-state index contributed by atoms with van der Waals surface area (Å²) in [6.45, 7) is 3.62.